The molecule has 0 unspecified atom stereocenters. The van der Waals surface area contributed by atoms with Gasteiger partial charge in [0.25, 0.3) is 0 Å². The van der Waals surface area contributed by atoms with Crippen molar-refractivity contribution in [3.63, 3.8) is 0 Å². The van der Waals surface area contributed by atoms with Crippen LogP contribution in [-0.2, 0) is 4.79 Å². The molecule has 0 spiro atoms. The molecule has 0 saturated heterocycles. The Labute approximate surface area is 148 Å². The van der Waals surface area contributed by atoms with Crippen LogP contribution in [0.3, 0.4) is 0 Å². The molecular weight excluding hydrogens is 366 g/mol. The van der Waals surface area contributed by atoms with Crippen molar-refractivity contribution >= 4 is 44.1 Å². The van der Waals surface area contributed by atoms with Crippen molar-refractivity contribution in [3.8, 4) is 0 Å². The molecule has 0 aliphatic rings. The van der Waals surface area contributed by atoms with Crippen LogP contribution in [0.15, 0.2) is 71.2 Å². The molecule has 1 N–H and O–H groups in total. The highest BCUT2D eigenvalue weighted by Gasteiger charge is 2.10. The summed E-state index contributed by atoms with van der Waals surface area (Å²) < 4.78 is 0.924. The van der Waals surface area contributed by atoms with E-state index in [1.165, 1.54) is 0 Å². The number of Topliss-reactive ketones (excluding diaryl/α,β-unsaturated/α-hetero) is 1. The number of ketones is 1. The summed E-state index contributed by atoms with van der Waals surface area (Å²) >= 11 is 3.34. The normalized spacial score (nSPS) is 10.5. The van der Waals surface area contributed by atoms with Gasteiger partial charge in [0.1, 0.15) is 0 Å². The molecular formula is C20H16BrNO2. The quantitative estimate of drug-likeness (QED) is 0.617. The van der Waals surface area contributed by atoms with Crippen LogP contribution in [0.5, 0.6) is 0 Å². The van der Waals surface area contributed by atoms with Gasteiger partial charge in [0.15, 0.2) is 5.78 Å². The Kier molecular flexibility index (Phi) is 5.06. The Hall–Kier alpha value is -2.46. The minimum atomic E-state index is -0.156. The molecule has 0 saturated carbocycles. The van der Waals surface area contributed by atoms with Crippen molar-refractivity contribution in [2.45, 2.75) is 12.8 Å². The number of rotatable bonds is 5. The lowest BCUT2D eigenvalue weighted by Gasteiger charge is -2.08. The number of halogens is 1. The van der Waals surface area contributed by atoms with Gasteiger partial charge in [-0.1, -0.05) is 64.5 Å². The Morgan fingerprint density at radius 1 is 0.833 bits per heavy atom. The molecule has 120 valence electrons. The first-order valence-corrected chi connectivity index (χ1v) is 8.49. The smallest absolute Gasteiger partial charge is 0.224 e. The molecule has 0 aliphatic heterocycles. The first-order valence-electron chi connectivity index (χ1n) is 7.70. The average Bonchev–Trinajstić information content (AvgIpc) is 2.61. The van der Waals surface area contributed by atoms with Gasteiger partial charge in [-0.15, -0.1) is 0 Å². The van der Waals surface area contributed by atoms with Gasteiger partial charge in [0.05, 0.1) is 0 Å². The number of carbonyl (C=O) groups is 2. The molecule has 0 atom stereocenters. The summed E-state index contributed by atoms with van der Waals surface area (Å²) in [6, 6.07) is 20.8. The van der Waals surface area contributed by atoms with E-state index in [0.717, 1.165) is 20.9 Å². The third-order valence-corrected chi connectivity index (χ3v) is 4.34. The zero-order valence-corrected chi connectivity index (χ0v) is 14.5. The predicted octanol–water partition coefficient (Wildman–Crippen LogP) is 5.20. The monoisotopic (exact) mass is 381 g/mol. The Balaban J connectivity index is 1.63. The second-order valence-electron chi connectivity index (χ2n) is 5.50. The Bertz CT molecular complexity index is 882. The fourth-order valence-corrected chi connectivity index (χ4v) is 2.82. The Morgan fingerprint density at radius 2 is 1.54 bits per heavy atom. The molecule has 1 amide bonds. The zero-order chi connectivity index (χ0) is 16.9. The van der Waals surface area contributed by atoms with E-state index in [2.05, 4.69) is 21.2 Å². The molecule has 0 fully saturated rings. The third kappa shape index (κ3) is 3.89. The summed E-state index contributed by atoms with van der Waals surface area (Å²) in [5.74, 6) is -0.188. The average molecular weight is 382 g/mol. The molecule has 24 heavy (non-hydrogen) atoms. The number of anilines is 1. The number of fused-ring (bicyclic) bond motifs is 1. The number of hydrogen-bond acceptors (Lipinski definition) is 2. The summed E-state index contributed by atoms with van der Waals surface area (Å²) in [5.41, 5.74) is 1.39. The van der Waals surface area contributed by atoms with Crippen LogP contribution in [0.2, 0.25) is 0 Å². The maximum absolute atomic E-state index is 12.2. The topological polar surface area (TPSA) is 46.2 Å². The first kappa shape index (κ1) is 16.4. The van der Waals surface area contributed by atoms with Gasteiger partial charge in [-0.25, -0.2) is 0 Å². The Morgan fingerprint density at radius 3 is 2.33 bits per heavy atom. The van der Waals surface area contributed by atoms with Crippen LogP contribution in [0.4, 0.5) is 5.69 Å². The molecule has 0 heterocycles. The van der Waals surface area contributed by atoms with E-state index in [9.17, 15) is 9.59 Å². The van der Waals surface area contributed by atoms with Gasteiger partial charge in [-0.05, 0) is 23.6 Å². The van der Waals surface area contributed by atoms with Crippen molar-refractivity contribution in [2.24, 2.45) is 0 Å². The second kappa shape index (κ2) is 7.41. The molecule has 0 bridgehead atoms. The number of nitrogens with one attached hydrogen (secondary N) is 1. The predicted molar refractivity (Wildman–Crippen MR) is 100 cm³/mol. The van der Waals surface area contributed by atoms with Crippen molar-refractivity contribution in [3.05, 3.63) is 76.8 Å². The lowest BCUT2D eigenvalue weighted by atomic mass is 10.1. The van der Waals surface area contributed by atoms with E-state index in [0.29, 0.717) is 5.56 Å². The molecule has 3 aromatic rings. The van der Waals surface area contributed by atoms with Gasteiger partial charge >= 0.3 is 0 Å². The van der Waals surface area contributed by atoms with Crippen LogP contribution in [0.1, 0.15) is 23.2 Å². The summed E-state index contributed by atoms with van der Waals surface area (Å²) in [4.78, 5) is 24.3. The summed E-state index contributed by atoms with van der Waals surface area (Å²) in [5, 5.41) is 4.97. The van der Waals surface area contributed by atoms with Gasteiger partial charge in [0.2, 0.25) is 5.91 Å². The summed E-state index contributed by atoms with van der Waals surface area (Å²) in [7, 11) is 0. The van der Waals surface area contributed by atoms with Crippen molar-refractivity contribution in [1.82, 2.24) is 0 Å². The van der Waals surface area contributed by atoms with E-state index in [4.69, 9.17) is 0 Å². The van der Waals surface area contributed by atoms with Gasteiger partial charge < -0.3 is 5.32 Å². The van der Waals surface area contributed by atoms with Crippen molar-refractivity contribution in [2.75, 3.05) is 5.32 Å². The molecule has 3 rings (SSSR count). The second-order valence-corrected chi connectivity index (χ2v) is 6.42. The summed E-state index contributed by atoms with van der Waals surface area (Å²) in [6.45, 7) is 0. The van der Waals surface area contributed by atoms with Crippen LogP contribution in [0.25, 0.3) is 10.8 Å². The largest absolute Gasteiger partial charge is 0.326 e. The minimum absolute atomic E-state index is 0.0319. The zero-order valence-electron chi connectivity index (χ0n) is 13.0. The lowest BCUT2D eigenvalue weighted by molar-refractivity contribution is -0.116. The lowest BCUT2D eigenvalue weighted by Crippen LogP contribution is -2.13. The fourth-order valence-electron chi connectivity index (χ4n) is 2.55. The maximum Gasteiger partial charge on any atom is 0.224 e. The highest BCUT2D eigenvalue weighted by atomic mass is 79.9. The molecule has 3 aromatic carbocycles. The van der Waals surface area contributed by atoms with Gasteiger partial charge in [0, 0.05) is 34.0 Å². The van der Waals surface area contributed by atoms with Crippen LogP contribution < -0.4 is 5.32 Å². The highest BCUT2D eigenvalue weighted by molar-refractivity contribution is 9.10. The van der Waals surface area contributed by atoms with E-state index in [1.54, 1.807) is 12.1 Å². The van der Waals surface area contributed by atoms with Crippen molar-refractivity contribution in [1.29, 1.82) is 0 Å². The third-order valence-electron chi connectivity index (χ3n) is 3.81. The van der Waals surface area contributed by atoms with Crippen molar-refractivity contribution < 1.29 is 9.59 Å². The van der Waals surface area contributed by atoms with E-state index in [-0.39, 0.29) is 24.5 Å². The fraction of sp³-hybridized carbons (Fsp3) is 0.100. The summed E-state index contributed by atoms with van der Waals surface area (Å²) in [6.07, 6.45) is 0.357. The molecule has 3 nitrogen and oxygen atoms in total. The van der Waals surface area contributed by atoms with Crippen LogP contribution in [0, 0.1) is 0 Å². The molecule has 0 aromatic heterocycles. The number of carbonyl (C=O) groups excluding carboxylic acids is 2. The molecule has 0 aliphatic carbocycles. The number of benzene rings is 3. The maximum atomic E-state index is 12.2. The standard InChI is InChI=1S/C20H16BrNO2/c21-16-10-8-15(9-11-16)19(23)12-13-20(24)22-18-7-3-5-14-4-1-2-6-17(14)18/h1-11H,12-13H2,(H,22,24). The number of hydrogen-bond donors (Lipinski definition) is 1. The van der Waals surface area contributed by atoms with Gasteiger partial charge in [-0.2, -0.15) is 0 Å². The minimum Gasteiger partial charge on any atom is -0.326 e. The first-order chi connectivity index (χ1) is 11.6. The highest BCUT2D eigenvalue weighted by Crippen LogP contribution is 2.23. The van der Waals surface area contributed by atoms with E-state index in [1.807, 2.05) is 54.6 Å². The van der Waals surface area contributed by atoms with E-state index >= 15 is 0 Å². The van der Waals surface area contributed by atoms with Crippen LogP contribution in [-0.4, -0.2) is 11.7 Å². The number of amides is 1. The SMILES string of the molecule is O=C(CCC(=O)c1ccc(Br)cc1)Nc1cccc2ccccc12. The molecule has 4 heteroatoms. The van der Waals surface area contributed by atoms with E-state index < -0.39 is 0 Å². The van der Waals surface area contributed by atoms with Crippen LogP contribution >= 0.6 is 15.9 Å². The molecule has 0 radical (unpaired) electrons. The van der Waals surface area contributed by atoms with Gasteiger partial charge in [-0.3, -0.25) is 9.59 Å².